The largest absolute Gasteiger partial charge is 0.391 e. The first-order valence-corrected chi connectivity index (χ1v) is 7.80. The number of piperidine rings is 1. The van der Waals surface area contributed by atoms with Crippen LogP contribution in [0.15, 0.2) is 29.2 Å². The van der Waals surface area contributed by atoms with Crippen LogP contribution in [-0.4, -0.2) is 45.7 Å². The van der Waals surface area contributed by atoms with Crippen LogP contribution in [0, 0.1) is 0 Å². The first kappa shape index (κ1) is 14.0. The number of rotatable bonds is 2. The Morgan fingerprint density at radius 2 is 2.21 bits per heavy atom. The molecule has 104 valence electrons. The molecule has 0 unspecified atom stereocenters. The molecule has 1 aliphatic heterocycles. The third-order valence-corrected chi connectivity index (χ3v) is 4.10. The normalized spacial score (nSPS) is 20.9. The zero-order valence-electron chi connectivity index (χ0n) is 10.8. The van der Waals surface area contributed by atoms with Crippen LogP contribution in [0.1, 0.15) is 12.8 Å². The Morgan fingerprint density at radius 1 is 1.47 bits per heavy atom. The number of hydrogen-bond donors (Lipinski definition) is 2. The smallest absolute Gasteiger partial charge is 0.321 e. The van der Waals surface area contributed by atoms with Crippen molar-refractivity contribution in [1.29, 1.82) is 0 Å². The van der Waals surface area contributed by atoms with Crippen LogP contribution in [-0.2, 0) is 10.8 Å². The Hall–Kier alpha value is -1.40. The van der Waals surface area contributed by atoms with Crippen molar-refractivity contribution < 1.29 is 14.1 Å². The molecule has 1 heterocycles. The quantitative estimate of drug-likeness (QED) is 0.861. The Kier molecular flexibility index (Phi) is 4.55. The predicted octanol–water partition coefficient (Wildman–Crippen LogP) is 1.41. The Morgan fingerprint density at radius 3 is 2.89 bits per heavy atom. The van der Waals surface area contributed by atoms with Crippen molar-refractivity contribution in [3.63, 3.8) is 0 Å². The van der Waals surface area contributed by atoms with E-state index in [-0.39, 0.29) is 6.03 Å². The van der Waals surface area contributed by atoms with Crippen LogP contribution >= 0.6 is 0 Å². The molecular formula is C13H18N2O3S. The molecule has 19 heavy (non-hydrogen) atoms. The van der Waals surface area contributed by atoms with Gasteiger partial charge in [0.15, 0.2) is 0 Å². The molecule has 5 nitrogen and oxygen atoms in total. The highest BCUT2D eigenvalue weighted by Gasteiger charge is 2.22. The van der Waals surface area contributed by atoms with E-state index in [1.807, 2.05) is 0 Å². The van der Waals surface area contributed by atoms with Crippen molar-refractivity contribution in [2.45, 2.75) is 23.8 Å². The van der Waals surface area contributed by atoms with Crippen molar-refractivity contribution in [1.82, 2.24) is 4.90 Å². The van der Waals surface area contributed by atoms with Gasteiger partial charge in [0, 0.05) is 19.3 Å². The maximum Gasteiger partial charge on any atom is 0.321 e. The van der Waals surface area contributed by atoms with Crippen molar-refractivity contribution in [3.05, 3.63) is 24.3 Å². The maximum absolute atomic E-state index is 12.1. The topological polar surface area (TPSA) is 69.6 Å². The summed E-state index contributed by atoms with van der Waals surface area (Å²) in [6.07, 6.45) is 2.67. The highest BCUT2D eigenvalue weighted by molar-refractivity contribution is 7.84. The van der Waals surface area contributed by atoms with Gasteiger partial charge < -0.3 is 15.3 Å². The van der Waals surface area contributed by atoms with Crippen LogP contribution in [0.4, 0.5) is 10.5 Å². The Labute approximate surface area is 115 Å². The van der Waals surface area contributed by atoms with E-state index < -0.39 is 16.9 Å². The van der Waals surface area contributed by atoms with Crippen molar-refractivity contribution in [3.8, 4) is 0 Å². The number of amides is 2. The number of para-hydroxylation sites is 1. The van der Waals surface area contributed by atoms with Gasteiger partial charge in [-0.25, -0.2) is 4.79 Å². The Balaban J connectivity index is 2.08. The summed E-state index contributed by atoms with van der Waals surface area (Å²) in [7, 11) is -1.15. The molecule has 1 saturated heterocycles. The molecule has 1 aromatic carbocycles. The molecule has 1 aliphatic rings. The average molecular weight is 282 g/mol. The van der Waals surface area contributed by atoms with Gasteiger partial charge in [0.05, 0.1) is 27.5 Å². The molecule has 6 heteroatoms. The molecule has 0 saturated carbocycles. The second-order valence-corrected chi connectivity index (χ2v) is 5.97. The number of nitrogens with zero attached hydrogens (tertiary/aromatic N) is 1. The fourth-order valence-corrected chi connectivity index (χ4v) is 2.85. The van der Waals surface area contributed by atoms with E-state index >= 15 is 0 Å². The van der Waals surface area contributed by atoms with E-state index in [1.54, 1.807) is 35.4 Å². The van der Waals surface area contributed by atoms with Crippen LogP contribution in [0.2, 0.25) is 0 Å². The number of benzene rings is 1. The number of β-amino-alcohol motifs (C(OH)–C–C–N with tert-alkyl or cyclic N) is 1. The van der Waals surface area contributed by atoms with Crippen LogP contribution in [0.3, 0.4) is 0 Å². The lowest BCUT2D eigenvalue weighted by atomic mass is 10.1. The van der Waals surface area contributed by atoms with Gasteiger partial charge in [-0.05, 0) is 25.0 Å². The minimum absolute atomic E-state index is 0.253. The van der Waals surface area contributed by atoms with Gasteiger partial charge in [0.25, 0.3) is 0 Å². The lowest BCUT2D eigenvalue weighted by molar-refractivity contribution is 0.0883. The zero-order valence-corrected chi connectivity index (χ0v) is 11.7. The first-order valence-electron chi connectivity index (χ1n) is 6.24. The molecule has 2 amide bonds. The van der Waals surface area contributed by atoms with Crippen molar-refractivity contribution >= 4 is 22.5 Å². The van der Waals surface area contributed by atoms with E-state index in [1.165, 1.54) is 0 Å². The predicted molar refractivity (Wildman–Crippen MR) is 74.6 cm³/mol. The summed E-state index contributed by atoms with van der Waals surface area (Å²) in [6, 6.07) is 6.79. The third-order valence-electron chi connectivity index (χ3n) is 3.12. The summed E-state index contributed by atoms with van der Waals surface area (Å²) in [5.41, 5.74) is 0.563. The van der Waals surface area contributed by atoms with Crippen molar-refractivity contribution in [2.24, 2.45) is 0 Å². The SMILES string of the molecule is C[S@@](=O)c1ccccc1NC(=O)N1CCC[C@@H](O)C1. The summed E-state index contributed by atoms with van der Waals surface area (Å²) < 4.78 is 11.6. The summed E-state index contributed by atoms with van der Waals surface area (Å²) in [6.45, 7) is 0.990. The average Bonchev–Trinajstić information content (AvgIpc) is 2.39. The lowest BCUT2D eigenvalue weighted by Gasteiger charge is -2.30. The molecule has 0 aromatic heterocycles. The van der Waals surface area contributed by atoms with Crippen LogP contribution in [0.5, 0.6) is 0 Å². The van der Waals surface area contributed by atoms with Gasteiger partial charge in [-0.1, -0.05) is 12.1 Å². The lowest BCUT2D eigenvalue weighted by Crippen LogP contribution is -2.44. The molecule has 2 N–H and O–H groups in total. The minimum Gasteiger partial charge on any atom is -0.391 e. The number of nitrogens with one attached hydrogen (secondary N) is 1. The number of aliphatic hydroxyl groups is 1. The second-order valence-electron chi connectivity index (χ2n) is 4.62. The molecule has 2 atom stereocenters. The molecule has 1 fully saturated rings. The number of likely N-dealkylation sites (tertiary alicyclic amines) is 1. The molecule has 2 rings (SSSR count). The van der Waals surface area contributed by atoms with Gasteiger partial charge >= 0.3 is 6.03 Å². The highest BCUT2D eigenvalue weighted by Crippen LogP contribution is 2.19. The van der Waals surface area contributed by atoms with Crippen LogP contribution < -0.4 is 5.32 Å². The molecule has 1 aromatic rings. The van der Waals surface area contributed by atoms with Crippen LogP contribution in [0.25, 0.3) is 0 Å². The summed E-state index contributed by atoms with van der Waals surface area (Å²) in [4.78, 5) is 14.3. The summed E-state index contributed by atoms with van der Waals surface area (Å²) in [5, 5.41) is 12.3. The first-order chi connectivity index (χ1) is 9.08. The van der Waals surface area contributed by atoms with Gasteiger partial charge in [-0.2, -0.15) is 0 Å². The monoisotopic (exact) mass is 282 g/mol. The van der Waals surface area contributed by atoms with E-state index in [2.05, 4.69) is 5.32 Å². The van der Waals surface area contributed by atoms with E-state index in [4.69, 9.17) is 0 Å². The van der Waals surface area contributed by atoms with Gasteiger partial charge in [-0.15, -0.1) is 0 Å². The standard InChI is InChI=1S/C13H18N2O3S/c1-19(18)12-7-3-2-6-11(12)14-13(17)15-8-4-5-10(16)9-15/h2-3,6-7,10,16H,4-5,8-9H2,1H3,(H,14,17)/t10-,19-/m1/s1. The molecule has 0 aliphatic carbocycles. The number of anilines is 1. The second kappa shape index (κ2) is 6.16. The van der Waals surface area contributed by atoms with E-state index in [0.717, 1.165) is 12.8 Å². The van der Waals surface area contributed by atoms with Gasteiger partial charge in [-0.3, -0.25) is 4.21 Å². The fraction of sp³-hybridized carbons (Fsp3) is 0.462. The number of hydrogen-bond acceptors (Lipinski definition) is 3. The number of urea groups is 1. The third kappa shape index (κ3) is 3.54. The molecule has 0 radical (unpaired) electrons. The van der Waals surface area contributed by atoms with E-state index in [9.17, 15) is 14.1 Å². The van der Waals surface area contributed by atoms with E-state index in [0.29, 0.717) is 23.7 Å². The van der Waals surface area contributed by atoms with Gasteiger partial charge in [0.1, 0.15) is 0 Å². The highest BCUT2D eigenvalue weighted by atomic mass is 32.2. The number of carbonyl (C=O) groups excluding carboxylic acids is 1. The van der Waals surface area contributed by atoms with Gasteiger partial charge in [0.2, 0.25) is 0 Å². The maximum atomic E-state index is 12.1. The summed E-state index contributed by atoms with van der Waals surface area (Å²) in [5.74, 6) is 0. The fourth-order valence-electron chi connectivity index (χ4n) is 2.15. The Bertz CT molecular complexity index is 493. The molecule has 0 spiro atoms. The zero-order chi connectivity index (χ0) is 13.8. The van der Waals surface area contributed by atoms with Crippen molar-refractivity contribution in [2.75, 3.05) is 24.7 Å². The number of carbonyl (C=O) groups is 1. The minimum atomic E-state index is -1.15. The molecule has 0 bridgehead atoms. The molecular weight excluding hydrogens is 264 g/mol. The summed E-state index contributed by atoms with van der Waals surface area (Å²) >= 11 is 0. The number of aliphatic hydroxyl groups excluding tert-OH is 1.